The molecule has 3 aromatic heterocycles. The molecule has 0 saturated heterocycles. The third-order valence-corrected chi connectivity index (χ3v) is 15.1. The maximum atomic E-state index is 4.96. The summed E-state index contributed by atoms with van der Waals surface area (Å²) in [6.45, 7) is 4.60. The fourth-order valence-electron chi connectivity index (χ4n) is 6.12. The van der Waals surface area contributed by atoms with E-state index in [2.05, 4.69) is 93.5 Å². The Morgan fingerprint density at radius 2 is 0.830 bits per heavy atom. The molecule has 4 aromatic rings. The van der Waals surface area contributed by atoms with Gasteiger partial charge in [-0.05, 0) is 80.5 Å². The molecule has 0 fully saturated rings. The van der Waals surface area contributed by atoms with Gasteiger partial charge in [-0.15, -0.1) is 46.2 Å². The largest absolute Gasteiger partial charge is 0.172 e. The van der Waals surface area contributed by atoms with Crippen LogP contribution in [0.15, 0.2) is 41.6 Å². The third-order valence-electron chi connectivity index (χ3n) is 8.75. The minimum atomic E-state index is 1.07. The van der Waals surface area contributed by atoms with Gasteiger partial charge in [-0.1, -0.05) is 129 Å². The Kier molecular flexibility index (Phi) is 20.0. The molecule has 2 nitrogen and oxygen atoms in total. The highest BCUT2D eigenvalue weighted by molar-refractivity contribution is 9.11. The molecule has 0 bridgehead atoms. The summed E-state index contributed by atoms with van der Waals surface area (Å²) >= 11 is 16.7. The molecule has 0 aliphatic rings. The van der Waals surface area contributed by atoms with Gasteiger partial charge in [0.1, 0.15) is 11.0 Å². The van der Waals surface area contributed by atoms with Gasteiger partial charge in [0.25, 0.3) is 0 Å². The van der Waals surface area contributed by atoms with Crippen molar-refractivity contribution in [2.75, 3.05) is 11.5 Å². The van der Waals surface area contributed by atoms with E-state index in [-0.39, 0.29) is 0 Å². The SMILES string of the molecule is CCCCCCCCCCCCSc1c(SCCCCCCCCCCCC)c(-c2ccc(Br)s2)c2nsnc2c1-c1ccc(Br)s1. The van der Waals surface area contributed by atoms with Crippen LogP contribution in [0.3, 0.4) is 0 Å². The van der Waals surface area contributed by atoms with Crippen molar-refractivity contribution in [3.63, 3.8) is 0 Å². The van der Waals surface area contributed by atoms with E-state index in [0.717, 1.165) is 22.5 Å². The second-order valence-electron chi connectivity index (χ2n) is 12.6. The molecule has 9 heteroatoms. The third kappa shape index (κ3) is 13.3. The smallest absolute Gasteiger partial charge is 0.115 e. The average Bonchev–Trinajstić information content (AvgIpc) is 3.83. The lowest BCUT2D eigenvalue weighted by Gasteiger charge is -2.18. The highest BCUT2D eigenvalue weighted by atomic mass is 79.9. The summed E-state index contributed by atoms with van der Waals surface area (Å²) < 4.78 is 12.2. The second kappa shape index (κ2) is 23.6. The van der Waals surface area contributed by atoms with Crippen molar-refractivity contribution in [1.29, 1.82) is 0 Å². The summed E-state index contributed by atoms with van der Waals surface area (Å²) in [7, 11) is 0. The zero-order valence-corrected chi connectivity index (χ0v) is 35.8. The van der Waals surface area contributed by atoms with E-state index >= 15 is 0 Å². The molecule has 1 aromatic carbocycles. The zero-order valence-electron chi connectivity index (χ0n) is 28.6. The lowest BCUT2D eigenvalue weighted by atomic mass is 10.1. The van der Waals surface area contributed by atoms with Crippen molar-refractivity contribution in [1.82, 2.24) is 8.75 Å². The van der Waals surface area contributed by atoms with Gasteiger partial charge in [-0.3, -0.25) is 0 Å². The lowest BCUT2D eigenvalue weighted by molar-refractivity contribution is 0.563. The first-order valence-corrected chi connectivity index (χ1v) is 24.1. The number of unbranched alkanes of at least 4 members (excludes halogenated alkanes) is 18. The van der Waals surface area contributed by atoms with Crippen LogP contribution in [0.4, 0.5) is 0 Å². The minimum absolute atomic E-state index is 1.07. The number of hydrogen-bond acceptors (Lipinski definition) is 7. The number of nitrogens with zero attached hydrogens (tertiary/aromatic N) is 2. The van der Waals surface area contributed by atoms with Crippen LogP contribution in [0.25, 0.3) is 31.9 Å². The van der Waals surface area contributed by atoms with Gasteiger partial charge in [0.05, 0.1) is 19.3 Å². The van der Waals surface area contributed by atoms with E-state index in [1.54, 1.807) is 0 Å². The number of hydrogen-bond donors (Lipinski definition) is 0. The predicted octanol–water partition coefficient (Wildman–Crippen LogP) is 16.7. The van der Waals surface area contributed by atoms with Crippen LogP contribution < -0.4 is 0 Å². The lowest BCUT2D eigenvalue weighted by Crippen LogP contribution is -1.95. The van der Waals surface area contributed by atoms with Gasteiger partial charge in [-0.2, -0.15) is 8.75 Å². The van der Waals surface area contributed by atoms with Crippen molar-refractivity contribution in [3.8, 4) is 20.9 Å². The number of thioether (sulfide) groups is 2. The zero-order chi connectivity index (χ0) is 33.1. The molecule has 0 aliphatic heterocycles. The standard InChI is InChI=1S/C38H54Br2N2S5/c1-3-5-7-9-11-13-15-17-19-21-27-43-37-33(29-23-25-31(39)45-29)35-36(42-47-41-35)34(30-24-26-32(40)46-30)38(37)44-28-22-20-18-16-14-12-10-8-6-4-2/h23-26H,3-22,27-28H2,1-2H3. The first-order chi connectivity index (χ1) is 23.1. The van der Waals surface area contributed by atoms with E-state index < -0.39 is 0 Å². The fraction of sp³-hybridized carbons (Fsp3) is 0.632. The van der Waals surface area contributed by atoms with Crippen molar-refractivity contribution in [3.05, 3.63) is 31.8 Å². The molecule has 0 spiro atoms. The molecule has 47 heavy (non-hydrogen) atoms. The Morgan fingerprint density at radius 1 is 0.489 bits per heavy atom. The quantitative estimate of drug-likeness (QED) is 0.0464. The topological polar surface area (TPSA) is 25.8 Å². The van der Waals surface area contributed by atoms with Gasteiger partial charge in [-0.25, -0.2) is 0 Å². The number of aromatic nitrogens is 2. The summed E-state index contributed by atoms with van der Waals surface area (Å²) in [6.07, 6.45) is 27.5. The number of benzene rings is 1. The van der Waals surface area contributed by atoms with Crippen LogP contribution in [0, 0.1) is 0 Å². The van der Waals surface area contributed by atoms with Crippen molar-refractivity contribution < 1.29 is 0 Å². The van der Waals surface area contributed by atoms with E-state index in [1.807, 2.05) is 22.7 Å². The number of thiophene rings is 2. The molecule has 0 radical (unpaired) electrons. The van der Waals surface area contributed by atoms with E-state index in [1.165, 1.54) is 178 Å². The van der Waals surface area contributed by atoms with Gasteiger partial charge < -0.3 is 0 Å². The van der Waals surface area contributed by atoms with Crippen LogP contribution in [-0.4, -0.2) is 20.3 Å². The Hall–Kier alpha value is 0.1000. The highest BCUT2D eigenvalue weighted by Crippen LogP contribution is 2.52. The molecule has 260 valence electrons. The van der Waals surface area contributed by atoms with Crippen molar-refractivity contribution in [2.24, 2.45) is 0 Å². The van der Waals surface area contributed by atoms with Crippen LogP contribution >= 0.6 is 89.8 Å². The maximum Gasteiger partial charge on any atom is 0.115 e. The average molecular weight is 859 g/mol. The Labute approximate surface area is 323 Å². The van der Waals surface area contributed by atoms with Crippen molar-refractivity contribution >= 4 is 101 Å². The molecule has 0 N–H and O–H groups in total. The van der Waals surface area contributed by atoms with Crippen molar-refractivity contribution in [2.45, 2.75) is 152 Å². The minimum Gasteiger partial charge on any atom is -0.172 e. The fourth-order valence-corrected chi connectivity index (χ4v) is 12.3. The summed E-state index contributed by atoms with van der Waals surface area (Å²) in [5.74, 6) is 2.30. The molecule has 3 heterocycles. The van der Waals surface area contributed by atoms with E-state index in [0.29, 0.717) is 0 Å². The van der Waals surface area contributed by atoms with Gasteiger partial charge >= 0.3 is 0 Å². The first kappa shape index (κ1) is 39.9. The molecule has 0 atom stereocenters. The van der Waals surface area contributed by atoms with Gasteiger partial charge in [0, 0.05) is 30.7 Å². The summed E-state index contributed by atoms with van der Waals surface area (Å²) in [6, 6.07) is 8.91. The highest BCUT2D eigenvalue weighted by Gasteiger charge is 2.26. The Bertz CT molecular complexity index is 1320. The van der Waals surface area contributed by atoms with Gasteiger partial charge in [0.2, 0.25) is 0 Å². The molecule has 4 rings (SSSR count). The first-order valence-electron chi connectivity index (χ1n) is 18.2. The number of halogens is 2. The molecule has 0 amide bonds. The van der Waals surface area contributed by atoms with Crippen LogP contribution in [0.2, 0.25) is 0 Å². The molecule has 0 aliphatic carbocycles. The van der Waals surface area contributed by atoms with Gasteiger partial charge in [0.15, 0.2) is 0 Å². The normalized spacial score (nSPS) is 11.7. The second-order valence-corrected chi connectivity index (χ2v) is 20.3. The molecular formula is C38H54Br2N2S5. The predicted molar refractivity (Wildman–Crippen MR) is 225 cm³/mol. The Morgan fingerprint density at radius 3 is 1.15 bits per heavy atom. The molecular weight excluding hydrogens is 805 g/mol. The molecule has 0 unspecified atom stereocenters. The van der Waals surface area contributed by atoms with Crippen LogP contribution in [0.1, 0.15) is 142 Å². The number of fused-ring (bicyclic) bond motifs is 1. The molecule has 0 saturated carbocycles. The van der Waals surface area contributed by atoms with Crippen LogP contribution in [0.5, 0.6) is 0 Å². The summed E-state index contributed by atoms with van der Waals surface area (Å²) in [5.41, 5.74) is 4.73. The summed E-state index contributed by atoms with van der Waals surface area (Å²) in [5, 5.41) is 0. The van der Waals surface area contributed by atoms with E-state index in [9.17, 15) is 0 Å². The monoisotopic (exact) mass is 856 g/mol. The van der Waals surface area contributed by atoms with E-state index in [4.69, 9.17) is 8.75 Å². The maximum absolute atomic E-state index is 4.96. The number of rotatable bonds is 26. The summed E-state index contributed by atoms with van der Waals surface area (Å²) in [4.78, 5) is 5.43. The van der Waals surface area contributed by atoms with Crippen LogP contribution in [-0.2, 0) is 0 Å². The Balaban J connectivity index is 1.47.